The Hall–Kier alpha value is -1.97. The third-order valence-corrected chi connectivity index (χ3v) is 2.05. The van der Waals surface area contributed by atoms with Crippen molar-refractivity contribution < 1.29 is 13.6 Å². The van der Waals surface area contributed by atoms with Crippen molar-refractivity contribution in [3.63, 3.8) is 0 Å². The molecule has 4 heteroatoms. The maximum absolute atomic E-state index is 11.7. The molecule has 0 N–H and O–H groups in total. The van der Waals surface area contributed by atoms with Crippen LogP contribution >= 0.6 is 0 Å². The van der Waals surface area contributed by atoms with Crippen LogP contribution in [0.15, 0.2) is 45.6 Å². The van der Waals surface area contributed by atoms with Gasteiger partial charge in [-0.05, 0) is 24.3 Å². The first kappa shape index (κ1) is 9.58. The van der Waals surface area contributed by atoms with Crippen LogP contribution in [-0.4, -0.2) is 17.9 Å². The molecule has 78 valence electrons. The Morgan fingerprint density at radius 2 is 2.00 bits per heavy atom. The number of amides is 1. The lowest BCUT2D eigenvalue weighted by molar-refractivity contribution is 0.0744. The SMILES string of the molecule is CN(Cc1ccco1)C(=O)c1ccco1. The van der Waals surface area contributed by atoms with E-state index < -0.39 is 0 Å². The summed E-state index contributed by atoms with van der Waals surface area (Å²) < 4.78 is 10.2. The second-order valence-electron chi connectivity index (χ2n) is 3.22. The van der Waals surface area contributed by atoms with Crippen molar-refractivity contribution in [2.75, 3.05) is 7.05 Å². The molecule has 2 rings (SSSR count). The van der Waals surface area contributed by atoms with E-state index in [0.29, 0.717) is 12.3 Å². The van der Waals surface area contributed by atoms with Crippen LogP contribution in [0.4, 0.5) is 0 Å². The Bertz CT molecular complexity index is 417. The summed E-state index contributed by atoms with van der Waals surface area (Å²) in [6.45, 7) is 0.437. The number of hydrogen-bond donors (Lipinski definition) is 0. The molecule has 0 aliphatic rings. The predicted octanol–water partition coefficient (Wildman–Crippen LogP) is 2.14. The van der Waals surface area contributed by atoms with E-state index in [2.05, 4.69) is 0 Å². The Kier molecular flexibility index (Phi) is 2.58. The van der Waals surface area contributed by atoms with Gasteiger partial charge in [0, 0.05) is 7.05 Å². The zero-order valence-electron chi connectivity index (χ0n) is 8.34. The van der Waals surface area contributed by atoms with Gasteiger partial charge in [0.05, 0.1) is 19.1 Å². The molecule has 1 amide bonds. The van der Waals surface area contributed by atoms with Crippen molar-refractivity contribution in [3.8, 4) is 0 Å². The molecule has 0 aromatic carbocycles. The topological polar surface area (TPSA) is 46.6 Å². The second kappa shape index (κ2) is 4.04. The van der Waals surface area contributed by atoms with Crippen molar-refractivity contribution in [1.82, 2.24) is 4.90 Å². The molecule has 0 aliphatic carbocycles. The summed E-state index contributed by atoms with van der Waals surface area (Å²) in [7, 11) is 1.70. The molecule has 0 atom stereocenters. The fourth-order valence-electron chi connectivity index (χ4n) is 1.30. The van der Waals surface area contributed by atoms with Gasteiger partial charge in [0.1, 0.15) is 5.76 Å². The normalized spacial score (nSPS) is 10.2. The zero-order chi connectivity index (χ0) is 10.7. The van der Waals surface area contributed by atoms with Gasteiger partial charge in [-0.3, -0.25) is 4.79 Å². The van der Waals surface area contributed by atoms with Crippen molar-refractivity contribution in [2.24, 2.45) is 0 Å². The molecule has 0 radical (unpaired) electrons. The van der Waals surface area contributed by atoms with Crippen molar-refractivity contribution >= 4 is 5.91 Å². The van der Waals surface area contributed by atoms with Crippen molar-refractivity contribution in [1.29, 1.82) is 0 Å². The molecule has 0 saturated carbocycles. The summed E-state index contributed by atoms with van der Waals surface area (Å²) in [6, 6.07) is 6.95. The van der Waals surface area contributed by atoms with Gasteiger partial charge in [-0.15, -0.1) is 0 Å². The lowest BCUT2D eigenvalue weighted by Crippen LogP contribution is -2.25. The van der Waals surface area contributed by atoms with Crippen LogP contribution in [0.25, 0.3) is 0 Å². The molecule has 2 aromatic heterocycles. The number of carbonyl (C=O) groups is 1. The summed E-state index contributed by atoms with van der Waals surface area (Å²) in [6.07, 6.45) is 3.06. The highest BCUT2D eigenvalue weighted by Gasteiger charge is 2.15. The van der Waals surface area contributed by atoms with E-state index in [1.165, 1.54) is 11.2 Å². The molecule has 0 spiro atoms. The van der Waals surface area contributed by atoms with Crippen LogP contribution < -0.4 is 0 Å². The Morgan fingerprint density at radius 1 is 1.27 bits per heavy atom. The molecule has 0 unspecified atom stereocenters. The molecular formula is C11H11NO3. The molecular weight excluding hydrogens is 194 g/mol. The van der Waals surface area contributed by atoms with Gasteiger partial charge in [-0.1, -0.05) is 0 Å². The van der Waals surface area contributed by atoms with E-state index in [9.17, 15) is 4.79 Å². The largest absolute Gasteiger partial charge is 0.467 e. The van der Waals surface area contributed by atoms with Gasteiger partial charge < -0.3 is 13.7 Å². The van der Waals surface area contributed by atoms with E-state index >= 15 is 0 Å². The van der Waals surface area contributed by atoms with Crippen molar-refractivity contribution in [3.05, 3.63) is 48.3 Å². The molecule has 15 heavy (non-hydrogen) atoms. The first-order valence-electron chi connectivity index (χ1n) is 4.59. The van der Waals surface area contributed by atoms with Crippen LogP contribution in [-0.2, 0) is 6.54 Å². The lowest BCUT2D eigenvalue weighted by atomic mass is 10.3. The third kappa shape index (κ3) is 2.10. The highest BCUT2D eigenvalue weighted by molar-refractivity contribution is 5.91. The van der Waals surface area contributed by atoms with E-state index in [4.69, 9.17) is 8.83 Å². The average molecular weight is 205 g/mol. The molecule has 2 heterocycles. The smallest absolute Gasteiger partial charge is 0.289 e. The number of rotatable bonds is 3. The van der Waals surface area contributed by atoms with Gasteiger partial charge in [0.2, 0.25) is 0 Å². The van der Waals surface area contributed by atoms with E-state index in [-0.39, 0.29) is 5.91 Å². The lowest BCUT2D eigenvalue weighted by Gasteiger charge is -2.13. The molecule has 0 saturated heterocycles. The maximum atomic E-state index is 11.7. The van der Waals surface area contributed by atoms with Crippen LogP contribution in [0.3, 0.4) is 0 Å². The summed E-state index contributed by atoms with van der Waals surface area (Å²) in [5.41, 5.74) is 0. The highest BCUT2D eigenvalue weighted by Crippen LogP contribution is 2.08. The predicted molar refractivity (Wildman–Crippen MR) is 53.2 cm³/mol. The first-order valence-corrected chi connectivity index (χ1v) is 4.59. The summed E-state index contributed by atoms with van der Waals surface area (Å²) in [4.78, 5) is 13.3. The maximum Gasteiger partial charge on any atom is 0.289 e. The Labute approximate surface area is 87.1 Å². The van der Waals surface area contributed by atoms with Gasteiger partial charge in [-0.25, -0.2) is 0 Å². The molecule has 2 aromatic rings. The number of carbonyl (C=O) groups excluding carboxylic acids is 1. The number of hydrogen-bond acceptors (Lipinski definition) is 3. The molecule has 0 bridgehead atoms. The molecule has 0 fully saturated rings. The minimum Gasteiger partial charge on any atom is -0.467 e. The van der Waals surface area contributed by atoms with E-state index in [1.807, 2.05) is 6.07 Å². The monoisotopic (exact) mass is 205 g/mol. The van der Waals surface area contributed by atoms with Gasteiger partial charge in [0.15, 0.2) is 5.76 Å². The third-order valence-electron chi connectivity index (χ3n) is 2.05. The van der Waals surface area contributed by atoms with Gasteiger partial charge in [0.25, 0.3) is 5.91 Å². The standard InChI is InChI=1S/C11H11NO3/c1-12(8-9-4-2-6-14-9)11(13)10-5-3-7-15-10/h2-7H,8H2,1H3. The fourth-order valence-corrected chi connectivity index (χ4v) is 1.30. The minimum absolute atomic E-state index is 0.156. The fraction of sp³-hybridized carbons (Fsp3) is 0.182. The Morgan fingerprint density at radius 3 is 2.60 bits per heavy atom. The van der Waals surface area contributed by atoms with Gasteiger partial charge >= 0.3 is 0 Å². The van der Waals surface area contributed by atoms with Crippen LogP contribution in [0, 0.1) is 0 Å². The van der Waals surface area contributed by atoms with Crippen LogP contribution in [0.2, 0.25) is 0 Å². The number of nitrogens with zero attached hydrogens (tertiary/aromatic N) is 1. The quantitative estimate of drug-likeness (QED) is 0.771. The van der Waals surface area contributed by atoms with E-state index in [1.54, 1.807) is 31.5 Å². The average Bonchev–Trinajstić information content (AvgIpc) is 2.88. The molecule has 4 nitrogen and oxygen atoms in total. The zero-order valence-corrected chi connectivity index (χ0v) is 8.34. The minimum atomic E-state index is -0.156. The number of furan rings is 2. The summed E-state index contributed by atoms with van der Waals surface area (Å²) in [5, 5.41) is 0. The summed E-state index contributed by atoms with van der Waals surface area (Å²) >= 11 is 0. The van der Waals surface area contributed by atoms with E-state index in [0.717, 1.165) is 5.76 Å². The van der Waals surface area contributed by atoms with Crippen molar-refractivity contribution in [2.45, 2.75) is 6.54 Å². The second-order valence-corrected chi connectivity index (χ2v) is 3.22. The van der Waals surface area contributed by atoms with Gasteiger partial charge in [-0.2, -0.15) is 0 Å². The highest BCUT2D eigenvalue weighted by atomic mass is 16.3. The first-order chi connectivity index (χ1) is 7.27. The van der Waals surface area contributed by atoms with Crippen LogP contribution in [0.1, 0.15) is 16.3 Å². The van der Waals surface area contributed by atoms with Crippen LogP contribution in [0.5, 0.6) is 0 Å². The summed E-state index contributed by atoms with van der Waals surface area (Å²) in [5.74, 6) is 0.929. The Balaban J connectivity index is 2.03. The molecule has 0 aliphatic heterocycles.